The van der Waals surface area contributed by atoms with Gasteiger partial charge in [0.05, 0.1) is 25.7 Å². The Kier molecular flexibility index (Phi) is 8.21. The Balaban J connectivity index is 1.65. The molecule has 0 saturated heterocycles. The topological polar surface area (TPSA) is 87.5 Å². The highest BCUT2D eigenvalue weighted by Gasteiger charge is 2.20. The van der Waals surface area contributed by atoms with Crippen LogP contribution < -0.4 is 19.5 Å². The third-order valence-electron chi connectivity index (χ3n) is 4.95. The molecule has 0 bridgehead atoms. The number of carbonyl (C=O) groups excluding carboxylic acids is 1. The maximum absolute atomic E-state index is 12.6. The molecule has 33 heavy (non-hydrogen) atoms. The van der Waals surface area contributed by atoms with Crippen LogP contribution in [0.25, 0.3) is 0 Å². The average Bonchev–Trinajstić information content (AvgIpc) is 3.20. The molecule has 1 N–H and O–H groups in total. The van der Waals surface area contributed by atoms with Crippen LogP contribution in [0, 0.1) is 13.8 Å². The summed E-state index contributed by atoms with van der Waals surface area (Å²) in [5.74, 6) is 2.71. The minimum Gasteiger partial charge on any atom is -0.497 e. The molecule has 1 amide bonds. The highest BCUT2D eigenvalue weighted by molar-refractivity contribution is 7.99. The summed E-state index contributed by atoms with van der Waals surface area (Å²) in [7, 11) is 3.13. The lowest BCUT2D eigenvalue weighted by molar-refractivity contribution is -0.113. The number of hydrogen-bond donors (Lipinski definition) is 1. The van der Waals surface area contributed by atoms with Gasteiger partial charge in [0, 0.05) is 12.6 Å². The molecule has 9 heteroatoms. The van der Waals surface area contributed by atoms with Gasteiger partial charge in [-0.05, 0) is 63.1 Å². The van der Waals surface area contributed by atoms with Crippen molar-refractivity contribution >= 4 is 23.4 Å². The van der Waals surface area contributed by atoms with E-state index in [1.165, 1.54) is 11.8 Å². The lowest BCUT2D eigenvalue weighted by Crippen LogP contribution is -2.16. The van der Waals surface area contributed by atoms with Gasteiger partial charge in [-0.1, -0.05) is 17.8 Å². The Bertz CT molecular complexity index is 1100. The number of aryl methyl sites for hydroxylation is 2. The van der Waals surface area contributed by atoms with Crippen LogP contribution in [-0.2, 0) is 11.3 Å². The maximum Gasteiger partial charge on any atom is 0.234 e. The molecule has 0 radical (unpaired) electrons. The minimum atomic E-state index is -0.287. The van der Waals surface area contributed by atoms with E-state index in [-0.39, 0.29) is 17.8 Å². The van der Waals surface area contributed by atoms with Gasteiger partial charge >= 0.3 is 0 Å². The van der Waals surface area contributed by atoms with Crippen molar-refractivity contribution in [3.8, 4) is 17.2 Å². The molecule has 0 spiro atoms. The molecule has 0 aliphatic heterocycles. The van der Waals surface area contributed by atoms with Gasteiger partial charge < -0.3 is 24.1 Å². The van der Waals surface area contributed by atoms with Crippen LogP contribution in [0.1, 0.15) is 36.9 Å². The second-order valence-corrected chi connectivity index (χ2v) is 8.51. The van der Waals surface area contributed by atoms with Crippen molar-refractivity contribution in [2.24, 2.45) is 0 Å². The Morgan fingerprint density at radius 2 is 1.79 bits per heavy atom. The van der Waals surface area contributed by atoms with E-state index in [1.807, 2.05) is 44.4 Å². The first-order valence-electron chi connectivity index (χ1n) is 10.7. The van der Waals surface area contributed by atoms with Gasteiger partial charge in [0.15, 0.2) is 17.1 Å². The highest BCUT2D eigenvalue weighted by Crippen LogP contribution is 2.30. The molecule has 3 aromatic rings. The van der Waals surface area contributed by atoms with Gasteiger partial charge in [0.25, 0.3) is 0 Å². The van der Waals surface area contributed by atoms with Crippen LogP contribution in [0.3, 0.4) is 0 Å². The lowest BCUT2D eigenvalue weighted by atomic mass is 10.1. The number of amides is 1. The van der Waals surface area contributed by atoms with Crippen molar-refractivity contribution in [2.75, 3.05) is 25.3 Å². The fourth-order valence-electron chi connectivity index (χ4n) is 3.48. The molecule has 0 saturated carbocycles. The summed E-state index contributed by atoms with van der Waals surface area (Å²) in [5, 5.41) is 12.2. The van der Waals surface area contributed by atoms with Crippen molar-refractivity contribution in [3.05, 3.63) is 53.3 Å². The molecule has 1 atom stereocenters. The Morgan fingerprint density at radius 1 is 1.06 bits per heavy atom. The number of ether oxygens (including phenoxy) is 3. The van der Waals surface area contributed by atoms with Crippen LogP contribution in [0.5, 0.6) is 17.2 Å². The van der Waals surface area contributed by atoms with E-state index in [2.05, 4.69) is 21.6 Å². The Hall–Kier alpha value is -3.20. The maximum atomic E-state index is 12.6. The second-order valence-electron chi connectivity index (χ2n) is 7.57. The molecule has 0 aliphatic carbocycles. The van der Waals surface area contributed by atoms with Gasteiger partial charge in [-0.3, -0.25) is 4.79 Å². The zero-order valence-electron chi connectivity index (χ0n) is 19.8. The number of thioether (sulfide) groups is 1. The SMILES string of the molecule is CCn1c(SCC(=O)Nc2ccc(OC)cc2OC)nnc1C(C)Oc1cc(C)cc(C)c1. The first kappa shape index (κ1) is 24.4. The van der Waals surface area contributed by atoms with E-state index in [9.17, 15) is 4.79 Å². The van der Waals surface area contributed by atoms with Crippen LogP contribution in [0.4, 0.5) is 5.69 Å². The number of benzene rings is 2. The van der Waals surface area contributed by atoms with E-state index in [0.717, 1.165) is 22.7 Å². The van der Waals surface area contributed by atoms with Gasteiger partial charge in [0.1, 0.15) is 17.2 Å². The fourth-order valence-corrected chi connectivity index (χ4v) is 4.29. The molecule has 176 valence electrons. The van der Waals surface area contributed by atoms with Crippen molar-refractivity contribution in [1.82, 2.24) is 14.8 Å². The third-order valence-corrected chi connectivity index (χ3v) is 5.92. The smallest absolute Gasteiger partial charge is 0.234 e. The predicted molar refractivity (Wildman–Crippen MR) is 130 cm³/mol. The minimum absolute atomic E-state index is 0.171. The molecule has 0 aliphatic rings. The molecule has 1 aromatic heterocycles. The van der Waals surface area contributed by atoms with Gasteiger partial charge in [-0.25, -0.2) is 0 Å². The Labute approximate surface area is 198 Å². The predicted octanol–water partition coefficient (Wildman–Crippen LogP) is 4.80. The summed E-state index contributed by atoms with van der Waals surface area (Å²) in [6.07, 6.45) is -0.287. The lowest BCUT2D eigenvalue weighted by Gasteiger charge is -2.16. The highest BCUT2D eigenvalue weighted by atomic mass is 32.2. The van der Waals surface area contributed by atoms with E-state index in [4.69, 9.17) is 14.2 Å². The van der Waals surface area contributed by atoms with Gasteiger partial charge in [0.2, 0.25) is 5.91 Å². The summed E-state index contributed by atoms with van der Waals surface area (Å²) < 4.78 is 18.6. The second kappa shape index (κ2) is 11.1. The number of methoxy groups -OCH3 is 2. The fraction of sp³-hybridized carbons (Fsp3) is 0.375. The normalized spacial score (nSPS) is 11.7. The van der Waals surface area contributed by atoms with Gasteiger partial charge in [-0.15, -0.1) is 10.2 Å². The number of nitrogens with zero attached hydrogens (tertiary/aromatic N) is 3. The molecule has 1 heterocycles. The average molecular weight is 471 g/mol. The Morgan fingerprint density at radius 3 is 2.42 bits per heavy atom. The molecular weight excluding hydrogens is 440 g/mol. The van der Waals surface area contributed by atoms with Crippen LogP contribution in [0.2, 0.25) is 0 Å². The standard InChI is InChI=1S/C24H30N4O4S/c1-7-28-23(17(4)32-19-11-15(2)10-16(3)12-19)26-27-24(28)33-14-22(29)25-20-9-8-18(30-5)13-21(20)31-6/h8-13,17H,7,14H2,1-6H3,(H,25,29). The number of rotatable bonds is 10. The van der Waals surface area contributed by atoms with E-state index in [1.54, 1.807) is 32.4 Å². The monoisotopic (exact) mass is 470 g/mol. The van der Waals surface area contributed by atoms with E-state index < -0.39 is 0 Å². The number of carbonyl (C=O) groups is 1. The summed E-state index contributed by atoms with van der Waals surface area (Å²) in [4.78, 5) is 12.6. The van der Waals surface area contributed by atoms with Gasteiger partial charge in [-0.2, -0.15) is 0 Å². The van der Waals surface area contributed by atoms with Crippen LogP contribution in [-0.4, -0.2) is 40.6 Å². The van der Waals surface area contributed by atoms with Crippen molar-refractivity contribution in [1.29, 1.82) is 0 Å². The molecule has 3 rings (SSSR count). The summed E-state index contributed by atoms with van der Waals surface area (Å²) in [6.45, 7) is 8.72. The summed E-state index contributed by atoms with van der Waals surface area (Å²) >= 11 is 1.33. The molecule has 0 fully saturated rings. The molecule has 2 aromatic carbocycles. The van der Waals surface area contributed by atoms with E-state index >= 15 is 0 Å². The van der Waals surface area contributed by atoms with E-state index in [0.29, 0.717) is 28.9 Å². The van der Waals surface area contributed by atoms with Crippen molar-refractivity contribution < 1.29 is 19.0 Å². The first-order valence-corrected chi connectivity index (χ1v) is 11.7. The van der Waals surface area contributed by atoms with Crippen molar-refractivity contribution in [2.45, 2.75) is 45.5 Å². The third kappa shape index (κ3) is 6.19. The summed E-state index contributed by atoms with van der Waals surface area (Å²) in [6, 6.07) is 11.3. The number of aromatic nitrogens is 3. The zero-order chi connectivity index (χ0) is 24.0. The molecule has 1 unspecified atom stereocenters. The first-order chi connectivity index (χ1) is 15.8. The van der Waals surface area contributed by atoms with Crippen molar-refractivity contribution in [3.63, 3.8) is 0 Å². The molecule has 8 nitrogen and oxygen atoms in total. The number of anilines is 1. The zero-order valence-corrected chi connectivity index (χ0v) is 20.7. The molecular formula is C24H30N4O4S. The largest absolute Gasteiger partial charge is 0.497 e. The quantitative estimate of drug-likeness (QED) is 0.426. The van der Waals surface area contributed by atoms with Crippen LogP contribution >= 0.6 is 11.8 Å². The summed E-state index contributed by atoms with van der Waals surface area (Å²) in [5.41, 5.74) is 2.87. The number of hydrogen-bond acceptors (Lipinski definition) is 7. The van der Waals surface area contributed by atoms with Crippen LogP contribution in [0.15, 0.2) is 41.6 Å². The number of nitrogens with one attached hydrogen (secondary N) is 1.